The van der Waals surface area contributed by atoms with Crippen LogP contribution in [-0.2, 0) is 0 Å². The fraction of sp³-hybridized carbons (Fsp3) is 0.231. The summed E-state index contributed by atoms with van der Waals surface area (Å²) in [7, 11) is 0. The first-order valence-electron chi connectivity index (χ1n) is 5.69. The Labute approximate surface area is 124 Å². The highest BCUT2D eigenvalue weighted by Crippen LogP contribution is 2.31. The topological polar surface area (TPSA) is 51.8 Å². The molecule has 1 aromatic heterocycles. The van der Waals surface area contributed by atoms with Gasteiger partial charge in [0.25, 0.3) is 0 Å². The average Bonchev–Trinajstić information content (AvgIpc) is 2.35. The Kier molecular flexibility index (Phi) is 4.06. The van der Waals surface area contributed by atoms with Crippen LogP contribution < -0.4 is 5.73 Å². The first-order chi connectivity index (χ1) is 8.91. The van der Waals surface area contributed by atoms with Crippen molar-refractivity contribution < 1.29 is 4.39 Å². The molecule has 0 aliphatic heterocycles. The van der Waals surface area contributed by atoms with Gasteiger partial charge in [0, 0.05) is 0 Å². The fourth-order valence-corrected chi connectivity index (χ4v) is 2.47. The van der Waals surface area contributed by atoms with E-state index in [4.69, 9.17) is 17.3 Å². The number of nitrogens with zero attached hydrogens (tertiary/aromatic N) is 2. The van der Waals surface area contributed by atoms with Crippen LogP contribution in [0.3, 0.4) is 0 Å². The molecule has 0 atom stereocenters. The molecule has 0 saturated carbocycles. The largest absolute Gasteiger partial charge is 0.383 e. The first-order valence-corrected chi connectivity index (χ1v) is 6.86. The Morgan fingerprint density at radius 2 is 2.00 bits per heavy atom. The Balaban J connectivity index is 2.67. The molecule has 0 bridgehead atoms. The molecule has 19 heavy (non-hydrogen) atoms. The van der Waals surface area contributed by atoms with Crippen LogP contribution in [0.4, 0.5) is 10.2 Å². The summed E-state index contributed by atoms with van der Waals surface area (Å²) in [6, 6.07) is 4.71. The summed E-state index contributed by atoms with van der Waals surface area (Å²) in [5, 5.41) is 0.0358. The van der Waals surface area contributed by atoms with E-state index in [1.807, 2.05) is 13.8 Å². The molecule has 1 heterocycles. The molecular formula is C13H12BrClFN3. The normalized spacial score (nSPS) is 11.1. The number of halogens is 3. The van der Waals surface area contributed by atoms with Crippen molar-refractivity contribution in [2.75, 3.05) is 5.73 Å². The summed E-state index contributed by atoms with van der Waals surface area (Å²) in [6.45, 7) is 3.95. The monoisotopic (exact) mass is 343 g/mol. The van der Waals surface area contributed by atoms with E-state index in [2.05, 4.69) is 25.9 Å². The number of rotatable bonds is 2. The molecule has 0 spiro atoms. The lowest BCUT2D eigenvalue weighted by atomic mass is 10.1. The van der Waals surface area contributed by atoms with Gasteiger partial charge in [-0.15, -0.1) is 0 Å². The third-order valence-corrected chi connectivity index (χ3v) is 3.75. The van der Waals surface area contributed by atoms with Gasteiger partial charge in [0.15, 0.2) is 11.6 Å². The van der Waals surface area contributed by atoms with Gasteiger partial charge < -0.3 is 5.73 Å². The summed E-state index contributed by atoms with van der Waals surface area (Å²) in [6.07, 6.45) is 0. The van der Waals surface area contributed by atoms with Crippen LogP contribution >= 0.6 is 27.5 Å². The number of nitrogen functional groups attached to an aromatic ring is 1. The van der Waals surface area contributed by atoms with E-state index in [1.54, 1.807) is 12.1 Å². The predicted octanol–water partition coefficient (Wildman–Crippen LogP) is 4.40. The van der Waals surface area contributed by atoms with Crippen molar-refractivity contribution in [1.29, 1.82) is 0 Å². The van der Waals surface area contributed by atoms with Crippen LogP contribution in [0.25, 0.3) is 11.4 Å². The third kappa shape index (κ3) is 2.72. The van der Waals surface area contributed by atoms with Crippen LogP contribution in [-0.4, -0.2) is 9.97 Å². The molecule has 2 rings (SSSR count). The summed E-state index contributed by atoms with van der Waals surface area (Å²) in [5.74, 6) is 0.124. The number of aromatic nitrogens is 2. The molecule has 0 aliphatic rings. The molecule has 0 unspecified atom stereocenters. The van der Waals surface area contributed by atoms with Crippen LogP contribution in [0.5, 0.6) is 0 Å². The van der Waals surface area contributed by atoms with Gasteiger partial charge in [0.05, 0.1) is 20.8 Å². The lowest BCUT2D eigenvalue weighted by Gasteiger charge is -2.12. The van der Waals surface area contributed by atoms with E-state index in [0.29, 0.717) is 4.47 Å². The second kappa shape index (κ2) is 5.43. The zero-order valence-electron chi connectivity index (χ0n) is 10.4. The minimum atomic E-state index is -0.541. The van der Waals surface area contributed by atoms with Crippen LogP contribution in [0.2, 0.25) is 5.02 Å². The molecule has 3 nitrogen and oxygen atoms in total. The van der Waals surface area contributed by atoms with E-state index in [0.717, 1.165) is 5.69 Å². The fourth-order valence-electron chi connectivity index (χ4n) is 1.66. The number of hydrogen-bond donors (Lipinski definition) is 1. The zero-order chi connectivity index (χ0) is 14.2. The summed E-state index contributed by atoms with van der Waals surface area (Å²) in [5.41, 5.74) is 6.81. The molecule has 1 aromatic carbocycles. The standard InChI is InChI=1S/C13H12BrClFN3/c1-6(2)11-9(14)12(17)19-13(18-11)7-4-3-5-8(15)10(7)16/h3-6H,1-2H3,(H2,17,18,19). The Morgan fingerprint density at radius 3 is 2.63 bits per heavy atom. The highest BCUT2D eigenvalue weighted by atomic mass is 79.9. The van der Waals surface area contributed by atoms with Crippen molar-refractivity contribution in [2.45, 2.75) is 19.8 Å². The second-order valence-corrected chi connectivity index (χ2v) is 5.59. The Hall–Kier alpha value is -1.20. The van der Waals surface area contributed by atoms with Crippen LogP contribution in [0.1, 0.15) is 25.5 Å². The van der Waals surface area contributed by atoms with Gasteiger partial charge in [-0.1, -0.05) is 31.5 Å². The average molecular weight is 345 g/mol. The number of anilines is 1. The van der Waals surface area contributed by atoms with Crippen LogP contribution in [0, 0.1) is 5.82 Å². The SMILES string of the molecule is CC(C)c1nc(-c2cccc(Cl)c2F)nc(N)c1Br. The van der Waals surface area contributed by atoms with E-state index < -0.39 is 5.82 Å². The quantitative estimate of drug-likeness (QED) is 0.878. The third-order valence-electron chi connectivity index (χ3n) is 2.64. The van der Waals surface area contributed by atoms with Crippen molar-refractivity contribution in [3.05, 3.63) is 39.2 Å². The maximum atomic E-state index is 14.0. The lowest BCUT2D eigenvalue weighted by Crippen LogP contribution is -2.05. The smallest absolute Gasteiger partial charge is 0.164 e. The van der Waals surface area contributed by atoms with E-state index in [9.17, 15) is 4.39 Å². The molecule has 0 aliphatic carbocycles. The summed E-state index contributed by atoms with van der Waals surface area (Å²) >= 11 is 9.12. The summed E-state index contributed by atoms with van der Waals surface area (Å²) < 4.78 is 14.6. The molecule has 100 valence electrons. The van der Waals surface area contributed by atoms with Gasteiger partial charge in [-0.05, 0) is 34.0 Å². The minimum absolute atomic E-state index is 0.0358. The van der Waals surface area contributed by atoms with Crippen molar-refractivity contribution in [2.24, 2.45) is 0 Å². The molecule has 0 fully saturated rings. The first kappa shape index (κ1) is 14.2. The molecule has 2 aromatic rings. The van der Waals surface area contributed by atoms with E-state index >= 15 is 0 Å². The van der Waals surface area contributed by atoms with Gasteiger partial charge >= 0.3 is 0 Å². The maximum Gasteiger partial charge on any atom is 0.164 e. The zero-order valence-corrected chi connectivity index (χ0v) is 12.8. The van der Waals surface area contributed by atoms with E-state index in [1.165, 1.54) is 6.07 Å². The lowest BCUT2D eigenvalue weighted by molar-refractivity contribution is 0.630. The molecule has 0 saturated heterocycles. The van der Waals surface area contributed by atoms with Gasteiger partial charge in [-0.2, -0.15) is 0 Å². The van der Waals surface area contributed by atoms with Crippen molar-refractivity contribution >= 4 is 33.3 Å². The van der Waals surface area contributed by atoms with Crippen molar-refractivity contribution in [1.82, 2.24) is 9.97 Å². The maximum absolute atomic E-state index is 14.0. The van der Waals surface area contributed by atoms with Crippen molar-refractivity contribution in [3.8, 4) is 11.4 Å². The molecule has 0 amide bonds. The molecule has 2 N–H and O–H groups in total. The van der Waals surface area contributed by atoms with Gasteiger partial charge in [-0.25, -0.2) is 14.4 Å². The highest BCUT2D eigenvalue weighted by molar-refractivity contribution is 9.10. The number of benzene rings is 1. The van der Waals surface area contributed by atoms with Gasteiger partial charge in [0.2, 0.25) is 0 Å². The van der Waals surface area contributed by atoms with Gasteiger partial charge in [-0.3, -0.25) is 0 Å². The highest BCUT2D eigenvalue weighted by Gasteiger charge is 2.17. The minimum Gasteiger partial charge on any atom is -0.383 e. The summed E-state index contributed by atoms with van der Waals surface area (Å²) in [4.78, 5) is 8.48. The molecular weight excluding hydrogens is 333 g/mol. The molecule has 6 heteroatoms. The second-order valence-electron chi connectivity index (χ2n) is 4.39. The Bertz CT molecular complexity index is 632. The van der Waals surface area contributed by atoms with Crippen LogP contribution in [0.15, 0.2) is 22.7 Å². The number of nitrogens with two attached hydrogens (primary N) is 1. The predicted molar refractivity (Wildman–Crippen MR) is 78.6 cm³/mol. The van der Waals surface area contributed by atoms with Gasteiger partial charge in [0.1, 0.15) is 5.82 Å². The number of hydrogen-bond acceptors (Lipinski definition) is 3. The van der Waals surface area contributed by atoms with E-state index in [-0.39, 0.29) is 28.1 Å². The molecule has 0 radical (unpaired) electrons. The Morgan fingerprint density at radius 1 is 1.32 bits per heavy atom. The van der Waals surface area contributed by atoms with Crippen molar-refractivity contribution in [3.63, 3.8) is 0 Å².